The number of ketones is 1. The van der Waals surface area contributed by atoms with E-state index >= 15 is 0 Å². The van der Waals surface area contributed by atoms with E-state index in [1.807, 2.05) is 0 Å². The number of Topliss-reactive ketones (excluding diaryl/α,β-unsaturated/α-hetero) is 1. The number of rotatable bonds is 3. The van der Waals surface area contributed by atoms with Crippen molar-refractivity contribution in [3.63, 3.8) is 0 Å². The van der Waals surface area contributed by atoms with Crippen LogP contribution in [0, 0.1) is 10.1 Å². The predicted octanol–water partition coefficient (Wildman–Crippen LogP) is 0.634. The van der Waals surface area contributed by atoms with Crippen molar-refractivity contribution in [2.45, 2.75) is 31.7 Å². The highest BCUT2D eigenvalue weighted by Crippen LogP contribution is 2.30. The zero-order chi connectivity index (χ0) is 17.4. The van der Waals surface area contributed by atoms with Crippen LogP contribution in [-0.4, -0.2) is 32.1 Å². The van der Waals surface area contributed by atoms with Crippen LogP contribution in [0.15, 0.2) is 35.8 Å². The summed E-state index contributed by atoms with van der Waals surface area (Å²) in [6, 6.07) is -0.636. The van der Waals surface area contributed by atoms with E-state index in [0.29, 0.717) is 12.2 Å². The first-order valence-electron chi connectivity index (χ1n) is 7.34. The van der Waals surface area contributed by atoms with Crippen molar-refractivity contribution in [2.75, 3.05) is 0 Å². The van der Waals surface area contributed by atoms with Crippen LogP contribution in [0.5, 0.6) is 0 Å². The van der Waals surface area contributed by atoms with Gasteiger partial charge in [-0.25, -0.2) is 4.98 Å². The molecule has 2 atom stereocenters. The van der Waals surface area contributed by atoms with Gasteiger partial charge in [-0.2, -0.15) is 0 Å². The van der Waals surface area contributed by atoms with Gasteiger partial charge in [0.15, 0.2) is 5.78 Å². The Bertz CT molecular complexity index is 820. The van der Waals surface area contributed by atoms with Gasteiger partial charge in [-0.1, -0.05) is 6.08 Å². The highest BCUT2D eigenvalue weighted by Gasteiger charge is 2.35. The number of aromatic nitrogens is 2. The molecular weight excluding hydrogens is 316 g/mol. The lowest BCUT2D eigenvalue weighted by atomic mass is 9.90. The van der Waals surface area contributed by atoms with Gasteiger partial charge in [-0.15, -0.1) is 0 Å². The maximum absolute atomic E-state index is 12.5. The number of hydrogen-bond acceptors (Lipinski definition) is 6. The molecule has 0 saturated carbocycles. The first-order valence-corrected chi connectivity index (χ1v) is 7.34. The second-order valence-corrected chi connectivity index (χ2v) is 5.63. The lowest BCUT2D eigenvalue weighted by molar-refractivity contribution is -0.420. The Morgan fingerprint density at radius 1 is 1.38 bits per heavy atom. The molecule has 0 aromatic carbocycles. The van der Waals surface area contributed by atoms with E-state index < -0.39 is 28.6 Å². The number of hydrogen-bond donors (Lipinski definition) is 1. The van der Waals surface area contributed by atoms with Crippen molar-refractivity contribution >= 4 is 17.6 Å². The molecule has 1 N–H and O–H groups in total. The summed E-state index contributed by atoms with van der Waals surface area (Å²) >= 11 is 0. The molecule has 9 heteroatoms. The van der Waals surface area contributed by atoms with Crippen molar-refractivity contribution in [2.24, 2.45) is 0 Å². The van der Waals surface area contributed by atoms with Gasteiger partial charge in [0.1, 0.15) is 11.9 Å². The Hall–Kier alpha value is -3.10. The molecule has 2 unspecified atom stereocenters. The number of imide groups is 1. The largest absolute Gasteiger partial charge is 0.322 e. The number of nitro groups is 1. The number of allylic oxidation sites excluding steroid dienone is 3. The van der Waals surface area contributed by atoms with Crippen LogP contribution in [0.1, 0.15) is 37.5 Å². The number of nitrogens with one attached hydrogen (secondary N) is 1. The van der Waals surface area contributed by atoms with Crippen LogP contribution in [0.3, 0.4) is 0 Å². The molecule has 1 fully saturated rings. The fourth-order valence-electron chi connectivity index (χ4n) is 2.94. The number of amides is 2. The Morgan fingerprint density at radius 2 is 2.12 bits per heavy atom. The molecule has 0 spiro atoms. The first-order chi connectivity index (χ1) is 11.4. The summed E-state index contributed by atoms with van der Waals surface area (Å²) < 4.78 is 1.55. The third kappa shape index (κ3) is 2.53. The zero-order valence-electron chi connectivity index (χ0n) is 12.8. The van der Waals surface area contributed by atoms with Crippen molar-refractivity contribution in [1.29, 1.82) is 0 Å². The molecule has 2 aliphatic rings. The average molecular weight is 330 g/mol. The molecule has 1 aromatic rings. The summed E-state index contributed by atoms with van der Waals surface area (Å²) in [5.41, 5.74) is -0.194. The maximum Gasteiger partial charge on any atom is 0.275 e. The fourth-order valence-corrected chi connectivity index (χ4v) is 2.94. The lowest BCUT2D eigenvalue weighted by Gasteiger charge is -2.25. The van der Waals surface area contributed by atoms with Gasteiger partial charge in [0.05, 0.1) is 16.4 Å². The summed E-state index contributed by atoms with van der Waals surface area (Å²) in [5.74, 6) is -1.68. The normalized spacial score (nSPS) is 24.3. The van der Waals surface area contributed by atoms with Crippen LogP contribution < -0.4 is 5.32 Å². The van der Waals surface area contributed by atoms with Gasteiger partial charge >= 0.3 is 0 Å². The molecule has 2 heterocycles. The standard InChI is InChI=1S/C15H14N4O5/c1-8-10(19(23)24)3-2-9(13(8)21)14-16-6-7-18(14)11-4-5-12(20)17-15(11)22/h2-3,6-7,9,11H,4-5H2,1H3,(H,17,20,22). The number of carbonyl (C=O) groups is 3. The minimum absolute atomic E-state index is 0.0466. The molecule has 1 aromatic heterocycles. The van der Waals surface area contributed by atoms with Gasteiger partial charge < -0.3 is 4.57 Å². The molecule has 1 saturated heterocycles. The topological polar surface area (TPSA) is 124 Å². The Balaban J connectivity index is 1.94. The van der Waals surface area contributed by atoms with E-state index in [4.69, 9.17) is 0 Å². The van der Waals surface area contributed by atoms with Crippen molar-refractivity contribution in [3.8, 4) is 0 Å². The van der Waals surface area contributed by atoms with Crippen LogP contribution in [0.4, 0.5) is 0 Å². The highest BCUT2D eigenvalue weighted by molar-refractivity contribution is 6.03. The highest BCUT2D eigenvalue weighted by atomic mass is 16.6. The minimum atomic E-state index is -0.797. The van der Waals surface area contributed by atoms with Crippen molar-refractivity contribution < 1.29 is 19.3 Å². The van der Waals surface area contributed by atoms with E-state index in [1.165, 1.54) is 25.3 Å². The van der Waals surface area contributed by atoms with Gasteiger partial charge in [-0.05, 0) is 13.3 Å². The van der Waals surface area contributed by atoms with Gasteiger partial charge in [0, 0.05) is 24.9 Å². The molecular formula is C15H14N4O5. The first kappa shape index (κ1) is 15.8. The maximum atomic E-state index is 12.5. The van der Waals surface area contributed by atoms with E-state index in [9.17, 15) is 24.5 Å². The van der Waals surface area contributed by atoms with Gasteiger partial charge in [0.2, 0.25) is 11.8 Å². The number of piperidine rings is 1. The van der Waals surface area contributed by atoms with Crippen LogP contribution in [0.25, 0.3) is 0 Å². The molecule has 2 amide bonds. The number of imidazole rings is 1. The second-order valence-electron chi connectivity index (χ2n) is 5.63. The monoisotopic (exact) mass is 330 g/mol. The van der Waals surface area contributed by atoms with Crippen molar-refractivity contribution in [1.82, 2.24) is 14.9 Å². The summed E-state index contributed by atoms with van der Waals surface area (Å²) in [4.78, 5) is 50.3. The summed E-state index contributed by atoms with van der Waals surface area (Å²) in [6.45, 7) is 1.40. The smallest absolute Gasteiger partial charge is 0.275 e. The molecule has 1 aliphatic heterocycles. The van der Waals surface area contributed by atoms with E-state index in [0.717, 1.165) is 0 Å². The Labute approximate surface area is 136 Å². The van der Waals surface area contributed by atoms with Gasteiger partial charge in [0.25, 0.3) is 5.70 Å². The SMILES string of the molecule is CC1=C([N+](=O)[O-])C=CC(c2nccn2C2CCC(=O)NC2=O)C1=O. The number of nitrogens with zero attached hydrogens (tertiary/aromatic N) is 3. The predicted molar refractivity (Wildman–Crippen MR) is 80.2 cm³/mol. The molecule has 3 rings (SSSR count). The van der Waals surface area contributed by atoms with Crippen LogP contribution in [0.2, 0.25) is 0 Å². The number of carbonyl (C=O) groups excluding carboxylic acids is 3. The third-order valence-corrected chi connectivity index (χ3v) is 4.20. The quantitative estimate of drug-likeness (QED) is 0.492. The minimum Gasteiger partial charge on any atom is -0.322 e. The second kappa shape index (κ2) is 5.84. The fraction of sp³-hybridized carbons (Fsp3) is 0.333. The van der Waals surface area contributed by atoms with E-state index in [1.54, 1.807) is 10.8 Å². The van der Waals surface area contributed by atoms with E-state index in [-0.39, 0.29) is 23.6 Å². The molecule has 24 heavy (non-hydrogen) atoms. The molecule has 0 radical (unpaired) electrons. The van der Waals surface area contributed by atoms with Crippen molar-refractivity contribution in [3.05, 3.63) is 51.8 Å². The summed E-state index contributed by atoms with van der Waals surface area (Å²) in [6.07, 6.45) is 6.24. The third-order valence-electron chi connectivity index (χ3n) is 4.20. The van der Waals surface area contributed by atoms with Crippen LogP contribution in [-0.2, 0) is 14.4 Å². The Kier molecular flexibility index (Phi) is 3.84. The summed E-state index contributed by atoms with van der Waals surface area (Å²) in [5, 5.41) is 13.2. The van der Waals surface area contributed by atoms with E-state index in [2.05, 4.69) is 10.3 Å². The average Bonchev–Trinajstić information content (AvgIpc) is 2.98. The molecule has 9 nitrogen and oxygen atoms in total. The van der Waals surface area contributed by atoms with Crippen LogP contribution >= 0.6 is 0 Å². The lowest BCUT2D eigenvalue weighted by Crippen LogP contribution is -2.42. The molecule has 0 bridgehead atoms. The molecule has 1 aliphatic carbocycles. The van der Waals surface area contributed by atoms with Gasteiger partial charge in [-0.3, -0.25) is 29.8 Å². The molecule has 124 valence electrons. The zero-order valence-corrected chi connectivity index (χ0v) is 12.8. The Morgan fingerprint density at radius 3 is 2.79 bits per heavy atom. The summed E-state index contributed by atoms with van der Waals surface area (Å²) in [7, 11) is 0.